The van der Waals surface area contributed by atoms with Crippen molar-refractivity contribution < 1.29 is 17.6 Å². The summed E-state index contributed by atoms with van der Waals surface area (Å²) in [5.74, 6) is -0.961. The van der Waals surface area contributed by atoms with Gasteiger partial charge in [-0.1, -0.05) is 6.07 Å². The van der Waals surface area contributed by atoms with Gasteiger partial charge >= 0.3 is 6.18 Å². The molecule has 1 aromatic carbocycles. The molecule has 96 valence electrons. The molecular formula is C11H12ClF4N. The lowest BCUT2D eigenvalue weighted by Crippen LogP contribution is -2.14. The van der Waals surface area contributed by atoms with Crippen LogP contribution in [0.3, 0.4) is 0 Å². The number of hydrogen-bond acceptors (Lipinski definition) is 1. The van der Waals surface area contributed by atoms with Crippen LogP contribution < -0.4 is 5.73 Å². The molecule has 0 heterocycles. The van der Waals surface area contributed by atoms with Crippen molar-refractivity contribution >= 4 is 12.4 Å². The van der Waals surface area contributed by atoms with E-state index in [0.717, 1.165) is 25.0 Å². The maximum absolute atomic E-state index is 13.2. The Labute approximate surface area is 102 Å². The zero-order valence-corrected chi connectivity index (χ0v) is 9.61. The second kappa shape index (κ2) is 4.82. The van der Waals surface area contributed by atoms with Crippen molar-refractivity contribution in [1.82, 2.24) is 0 Å². The van der Waals surface area contributed by atoms with Crippen LogP contribution in [-0.2, 0) is 6.18 Å². The quantitative estimate of drug-likeness (QED) is 0.815. The van der Waals surface area contributed by atoms with Gasteiger partial charge in [0.25, 0.3) is 0 Å². The lowest BCUT2D eigenvalue weighted by molar-refractivity contribution is -0.140. The normalized spacial score (nSPS) is 17.5. The number of nitrogens with two attached hydrogens (primary N) is 1. The Balaban J connectivity index is 0.00000144. The minimum absolute atomic E-state index is 0. The standard InChI is InChI=1S/C11H11F4N.ClH/c12-9-5-7(10(16)6-1-2-6)3-4-8(9)11(13,14)15;/h3-6,10H,1-2,16H2;1H/t10-;/m0./s1. The molecule has 17 heavy (non-hydrogen) atoms. The van der Waals surface area contributed by atoms with Gasteiger partial charge in [-0.15, -0.1) is 12.4 Å². The van der Waals surface area contributed by atoms with Crippen molar-refractivity contribution in [2.45, 2.75) is 25.1 Å². The van der Waals surface area contributed by atoms with E-state index < -0.39 is 17.6 Å². The molecule has 0 spiro atoms. The molecule has 1 nitrogen and oxygen atoms in total. The molecule has 1 atom stereocenters. The van der Waals surface area contributed by atoms with Crippen molar-refractivity contribution in [3.05, 3.63) is 35.1 Å². The summed E-state index contributed by atoms with van der Waals surface area (Å²) >= 11 is 0. The van der Waals surface area contributed by atoms with Crippen LogP contribution in [0.15, 0.2) is 18.2 Å². The number of benzene rings is 1. The molecule has 2 N–H and O–H groups in total. The molecule has 1 aliphatic carbocycles. The molecule has 0 bridgehead atoms. The highest BCUT2D eigenvalue weighted by Crippen LogP contribution is 2.40. The first-order chi connectivity index (χ1) is 7.39. The second-order valence-corrected chi connectivity index (χ2v) is 4.10. The Morgan fingerprint density at radius 3 is 2.24 bits per heavy atom. The maximum Gasteiger partial charge on any atom is 0.419 e. The third-order valence-electron chi connectivity index (χ3n) is 2.81. The highest BCUT2D eigenvalue weighted by atomic mass is 35.5. The van der Waals surface area contributed by atoms with Gasteiger partial charge < -0.3 is 5.73 Å². The zero-order chi connectivity index (χ0) is 11.9. The summed E-state index contributed by atoms with van der Waals surface area (Å²) in [4.78, 5) is 0. The third kappa shape index (κ3) is 3.10. The van der Waals surface area contributed by atoms with Crippen molar-refractivity contribution in [1.29, 1.82) is 0 Å². The highest BCUT2D eigenvalue weighted by molar-refractivity contribution is 5.85. The van der Waals surface area contributed by atoms with Gasteiger partial charge in [-0.05, 0) is 36.5 Å². The molecule has 1 aliphatic rings. The highest BCUT2D eigenvalue weighted by Gasteiger charge is 2.35. The Kier molecular flexibility index (Phi) is 4.04. The number of halogens is 5. The van der Waals surface area contributed by atoms with E-state index in [9.17, 15) is 17.6 Å². The molecule has 0 aromatic heterocycles. The molecule has 1 fully saturated rings. The van der Waals surface area contributed by atoms with Crippen molar-refractivity contribution in [3.63, 3.8) is 0 Å². The molecule has 0 amide bonds. The monoisotopic (exact) mass is 269 g/mol. The summed E-state index contributed by atoms with van der Waals surface area (Å²) < 4.78 is 50.1. The first kappa shape index (κ1) is 14.3. The van der Waals surface area contributed by atoms with Gasteiger partial charge in [0.05, 0.1) is 5.56 Å². The maximum atomic E-state index is 13.2. The fourth-order valence-electron chi connectivity index (χ4n) is 1.70. The molecule has 0 saturated heterocycles. The summed E-state index contributed by atoms with van der Waals surface area (Å²) in [7, 11) is 0. The number of alkyl halides is 3. The van der Waals surface area contributed by atoms with Crippen LogP contribution in [0.1, 0.15) is 30.0 Å². The van der Waals surface area contributed by atoms with E-state index in [-0.39, 0.29) is 24.4 Å². The van der Waals surface area contributed by atoms with Crippen LogP contribution in [0, 0.1) is 11.7 Å². The molecule has 1 aromatic rings. The van der Waals surface area contributed by atoms with Gasteiger partial charge in [0.15, 0.2) is 0 Å². The van der Waals surface area contributed by atoms with Crippen molar-refractivity contribution in [2.24, 2.45) is 11.7 Å². The topological polar surface area (TPSA) is 26.0 Å². The fraction of sp³-hybridized carbons (Fsp3) is 0.455. The zero-order valence-electron chi connectivity index (χ0n) is 8.80. The Bertz CT molecular complexity index is 401. The molecular weight excluding hydrogens is 258 g/mol. The van der Waals surface area contributed by atoms with Crippen molar-refractivity contribution in [3.8, 4) is 0 Å². The average molecular weight is 270 g/mol. The number of rotatable bonds is 2. The van der Waals surface area contributed by atoms with Crippen LogP contribution in [0.2, 0.25) is 0 Å². The van der Waals surface area contributed by atoms with Crippen LogP contribution in [0.25, 0.3) is 0 Å². The summed E-state index contributed by atoms with van der Waals surface area (Å²) in [6, 6.07) is 2.56. The summed E-state index contributed by atoms with van der Waals surface area (Å²) in [6.07, 6.45) is -2.72. The van der Waals surface area contributed by atoms with Gasteiger partial charge in [0.1, 0.15) is 5.82 Å². The SMILES string of the molecule is Cl.N[C@H](c1ccc(C(F)(F)F)c(F)c1)C1CC1. The van der Waals surface area contributed by atoms with E-state index in [1.165, 1.54) is 6.07 Å². The van der Waals surface area contributed by atoms with Crippen LogP contribution in [0.4, 0.5) is 17.6 Å². The first-order valence-electron chi connectivity index (χ1n) is 5.02. The summed E-state index contributed by atoms with van der Waals surface area (Å²) in [5.41, 5.74) is 4.98. The van der Waals surface area contributed by atoms with Crippen molar-refractivity contribution in [2.75, 3.05) is 0 Å². The van der Waals surface area contributed by atoms with Crippen LogP contribution >= 0.6 is 12.4 Å². The number of hydrogen-bond donors (Lipinski definition) is 1. The largest absolute Gasteiger partial charge is 0.419 e. The van der Waals surface area contributed by atoms with E-state index in [4.69, 9.17) is 5.73 Å². The van der Waals surface area contributed by atoms with Gasteiger partial charge in [-0.2, -0.15) is 13.2 Å². The summed E-state index contributed by atoms with van der Waals surface area (Å²) in [6.45, 7) is 0. The van der Waals surface area contributed by atoms with E-state index >= 15 is 0 Å². The Morgan fingerprint density at radius 2 is 1.82 bits per heavy atom. The Hall–Kier alpha value is -0.810. The lowest BCUT2D eigenvalue weighted by Gasteiger charge is -2.13. The minimum atomic E-state index is -4.65. The van der Waals surface area contributed by atoms with Gasteiger partial charge in [0, 0.05) is 6.04 Å². The smallest absolute Gasteiger partial charge is 0.324 e. The predicted octanol–water partition coefficient (Wildman–Crippen LogP) is 3.68. The van der Waals surface area contributed by atoms with E-state index in [1.54, 1.807) is 0 Å². The molecule has 0 aliphatic heterocycles. The van der Waals surface area contributed by atoms with Gasteiger partial charge in [-0.25, -0.2) is 4.39 Å². The molecule has 2 rings (SSSR count). The predicted molar refractivity (Wildman–Crippen MR) is 58.3 cm³/mol. The van der Waals surface area contributed by atoms with E-state index in [2.05, 4.69) is 0 Å². The van der Waals surface area contributed by atoms with E-state index in [0.29, 0.717) is 5.56 Å². The van der Waals surface area contributed by atoms with Gasteiger partial charge in [0.2, 0.25) is 0 Å². The summed E-state index contributed by atoms with van der Waals surface area (Å²) in [5, 5.41) is 0. The van der Waals surface area contributed by atoms with E-state index in [1.807, 2.05) is 0 Å². The van der Waals surface area contributed by atoms with Gasteiger partial charge in [-0.3, -0.25) is 0 Å². The second-order valence-electron chi connectivity index (χ2n) is 4.10. The minimum Gasteiger partial charge on any atom is -0.324 e. The Morgan fingerprint density at radius 1 is 1.24 bits per heavy atom. The molecule has 0 radical (unpaired) electrons. The first-order valence-corrected chi connectivity index (χ1v) is 5.02. The van der Waals surface area contributed by atoms with Crippen LogP contribution in [-0.4, -0.2) is 0 Å². The third-order valence-corrected chi connectivity index (χ3v) is 2.81. The average Bonchev–Trinajstić information content (AvgIpc) is 2.97. The molecule has 0 unspecified atom stereocenters. The van der Waals surface area contributed by atoms with Crippen LogP contribution in [0.5, 0.6) is 0 Å². The molecule has 6 heteroatoms. The fourth-order valence-corrected chi connectivity index (χ4v) is 1.70. The lowest BCUT2D eigenvalue weighted by atomic mass is 10.0. The molecule has 1 saturated carbocycles.